The number of pyridine rings is 1. The van der Waals surface area contributed by atoms with Crippen LogP contribution < -0.4 is 11.1 Å². The Morgan fingerprint density at radius 3 is 2.69 bits per heavy atom. The molecule has 0 aliphatic heterocycles. The topological polar surface area (TPSA) is 98.9 Å². The number of H-pyrrole nitrogens is 2. The van der Waals surface area contributed by atoms with Crippen molar-refractivity contribution in [2.45, 2.75) is 26.3 Å². The molecular formula is C19H20N4O3. The lowest BCUT2D eigenvalue weighted by molar-refractivity contribution is 0.0736. The summed E-state index contributed by atoms with van der Waals surface area (Å²) in [5, 5.41) is 0.517. The molecule has 0 atom stereocenters. The molecule has 0 saturated heterocycles. The molecule has 2 aromatic heterocycles. The van der Waals surface area contributed by atoms with Gasteiger partial charge in [-0.1, -0.05) is 25.5 Å². The molecule has 26 heavy (non-hydrogen) atoms. The van der Waals surface area contributed by atoms with Crippen molar-refractivity contribution >= 4 is 16.8 Å². The highest BCUT2D eigenvalue weighted by atomic mass is 16.2. The van der Waals surface area contributed by atoms with Gasteiger partial charge in [0.15, 0.2) is 0 Å². The van der Waals surface area contributed by atoms with E-state index in [4.69, 9.17) is 0 Å². The number of carbonyl (C=O) groups is 1. The summed E-state index contributed by atoms with van der Waals surface area (Å²) in [7, 11) is 0. The average molecular weight is 352 g/mol. The van der Waals surface area contributed by atoms with Crippen LogP contribution in [0.1, 0.15) is 35.9 Å². The van der Waals surface area contributed by atoms with Gasteiger partial charge in [0.25, 0.3) is 11.5 Å². The van der Waals surface area contributed by atoms with Crippen LogP contribution in [0.5, 0.6) is 0 Å². The summed E-state index contributed by atoms with van der Waals surface area (Å²) < 4.78 is 0. The lowest BCUT2D eigenvalue weighted by Crippen LogP contribution is -2.33. The van der Waals surface area contributed by atoms with Crippen LogP contribution in [0.15, 0.2) is 52.2 Å². The minimum atomic E-state index is -0.262. The first-order valence-electron chi connectivity index (χ1n) is 8.54. The molecule has 7 nitrogen and oxygen atoms in total. The van der Waals surface area contributed by atoms with Gasteiger partial charge in [-0.3, -0.25) is 14.4 Å². The van der Waals surface area contributed by atoms with E-state index >= 15 is 0 Å². The first-order valence-corrected chi connectivity index (χ1v) is 8.54. The first-order chi connectivity index (χ1) is 12.6. The second kappa shape index (κ2) is 7.77. The fourth-order valence-electron chi connectivity index (χ4n) is 2.72. The van der Waals surface area contributed by atoms with Gasteiger partial charge in [0.2, 0.25) is 5.56 Å². The van der Waals surface area contributed by atoms with E-state index in [-0.39, 0.29) is 23.6 Å². The lowest BCUT2D eigenvalue weighted by atomic mass is 10.2. The molecule has 3 aromatic rings. The van der Waals surface area contributed by atoms with Gasteiger partial charge in [-0.2, -0.15) is 0 Å². The Morgan fingerprint density at radius 1 is 1.15 bits per heavy atom. The highest BCUT2D eigenvalue weighted by Crippen LogP contribution is 2.10. The molecule has 2 N–H and O–H groups in total. The molecule has 1 amide bonds. The summed E-state index contributed by atoms with van der Waals surface area (Å²) in [6.45, 7) is 2.77. The second-order valence-corrected chi connectivity index (χ2v) is 6.05. The van der Waals surface area contributed by atoms with Crippen LogP contribution in [-0.4, -0.2) is 32.3 Å². The summed E-state index contributed by atoms with van der Waals surface area (Å²) in [6, 6.07) is 9.91. The van der Waals surface area contributed by atoms with Crippen LogP contribution in [0, 0.1) is 0 Å². The molecule has 1 aromatic carbocycles. The zero-order chi connectivity index (χ0) is 18.5. The third-order valence-electron chi connectivity index (χ3n) is 4.10. The van der Waals surface area contributed by atoms with Crippen LogP contribution in [0.3, 0.4) is 0 Å². The van der Waals surface area contributed by atoms with Gasteiger partial charge < -0.3 is 14.9 Å². The molecule has 0 unspecified atom stereocenters. The Kier molecular flexibility index (Phi) is 5.26. The number of para-hydroxylation sites is 1. The van der Waals surface area contributed by atoms with E-state index in [2.05, 4.69) is 15.0 Å². The zero-order valence-electron chi connectivity index (χ0n) is 14.5. The monoisotopic (exact) mass is 352 g/mol. The number of nitrogens with one attached hydrogen (secondary N) is 2. The van der Waals surface area contributed by atoms with Crippen LogP contribution in [0.25, 0.3) is 10.9 Å². The average Bonchev–Trinajstić information content (AvgIpc) is 2.65. The molecular weight excluding hydrogens is 332 g/mol. The van der Waals surface area contributed by atoms with Gasteiger partial charge in [-0.15, -0.1) is 0 Å². The van der Waals surface area contributed by atoms with Crippen molar-refractivity contribution in [1.82, 2.24) is 19.9 Å². The Morgan fingerprint density at radius 2 is 1.96 bits per heavy atom. The van der Waals surface area contributed by atoms with Crippen molar-refractivity contribution in [3.8, 4) is 0 Å². The molecule has 0 fully saturated rings. The van der Waals surface area contributed by atoms with Gasteiger partial charge in [0.1, 0.15) is 5.82 Å². The van der Waals surface area contributed by atoms with Crippen LogP contribution in [-0.2, 0) is 6.54 Å². The number of fused-ring (bicyclic) bond motifs is 1. The Hall–Kier alpha value is -3.22. The lowest BCUT2D eigenvalue weighted by Gasteiger charge is -2.22. The molecule has 0 radical (unpaired) electrons. The summed E-state index contributed by atoms with van der Waals surface area (Å²) >= 11 is 0. The molecule has 0 spiro atoms. The number of nitrogens with zero attached hydrogens (tertiary/aromatic N) is 2. The fraction of sp³-hybridized carbons (Fsp3) is 0.263. The molecule has 0 aliphatic carbocycles. The largest absolute Gasteiger partial charge is 0.331 e. The summed E-state index contributed by atoms with van der Waals surface area (Å²) in [5.41, 5.74) is 0.502. The van der Waals surface area contributed by atoms with Crippen molar-refractivity contribution in [3.05, 3.63) is 74.7 Å². The van der Waals surface area contributed by atoms with Crippen molar-refractivity contribution < 1.29 is 4.79 Å². The molecule has 0 saturated carbocycles. The number of rotatable bonds is 6. The summed E-state index contributed by atoms with van der Waals surface area (Å²) in [6.07, 6.45) is 3.16. The van der Waals surface area contributed by atoms with Crippen LogP contribution in [0.4, 0.5) is 0 Å². The van der Waals surface area contributed by atoms with E-state index in [1.807, 2.05) is 13.0 Å². The van der Waals surface area contributed by atoms with Crippen LogP contribution in [0.2, 0.25) is 0 Å². The molecule has 2 heterocycles. The maximum absolute atomic E-state index is 12.8. The maximum atomic E-state index is 12.8. The predicted octanol–water partition coefficient (Wildman–Crippen LogP) is 2.05. The van der Waals surface area contributed by atoms with E-state index in [1.165, 1.54) is 18.3 Å². The zero-order valence-corrected chi connectivity index (χ0v) is 14.5. The van der Waals surface area contributed by atoms with Gasteiger partial charge >= 0.3 is 0 Å². The molecule has 0 aliphatic rings. The standard InChI is InChI=1S/C19H20N4O3/c1-2-3-10-23(19(26)13-8-9-17(24)20-11-13)12-16-21-15-7-5-4-6-14(15)18(25)22-16/h4-9,11H,2-3,10,12H2,1H3,(H,20,24)(H,21,22,25). The smallest absolute Gasteiger partial charge is 0.258 e. The van der Waals surface area contributed by atoms with E-state index in [9.17, 15) is 14.4 Å². The third kappa shape index (κ3) is 3.88. The van der Waals surface area contributed by atoms with Crippen molar-refractivity contribution in [2.24, 2.45) is 0 Å². The van der Waals surface area contributed by atoms with Crippen LogP contribution >= 0.6 is 0 Å². The van der Waals surface area contributed by atoms with Gasteiger partial charge in [0.05, 0.1) is 23.0 Å². The predicted molar refractivity (Wildman–Crippen MR) is 99.1 cm³/mol. The number of amides is 1. The summed E-state index contributed by atoms with van der Waals surface area (Å²) in [5.74, 6) is 0.216. The van der Waals surface area contributed by atoms with Gasteiger partial charge in [0, 0.05) is 18.8 Å². The Labute approximate surface area is 149 Å². The molecule has 0 bridgehead atoms. The number of hydrogen-bond acceptors (Lipinski definition) is 4. The number of aromatic amines is 2. The quantitative estimate of drug-likeness (QED) is 0.709. The molecule has 134 valence electrons. The Balaban J connectivity index is 1.91. The van der Waals surface area contributed by atoms with E-state index < -0.39 is 0 Å². The number of aromatic nitrogens is 3. The molecule has 3 rings (SSSR count). The normalized spacial score (nSPS) is 10.8. The number of carbonyl (C=O) groups excluding carboxylic acids is 1. The van der Waals surface area contributed by atoms with Crippen molar-refractivity contribution in [2.75, 3.05) is 6.54 Å². The third-order valence-corrected chi connectivity index (χ3v) is 4.10. The number of hydrogen-bond donors (Lipinski definition) is 2. The highest BCUT2D eigenvalue weighted by Gasteiger charge is 2.17. The van der Waals surface area contributed by atoms with E-state index in [0.717, 1.165) is 12.8 Å². The SMILES string of the molecule is CCCCN(Cc1nc2ccccc2c(=O)[nH]1)C(=O)c1ccc(=O)[nH]c1. The number of benzene rings is 1. The van der Waals surface area contributed by atoms with Gasteiger partial charge in [-0.05, 0) is 24.6 Å². The number of unbranched alkanes of at least 4 members (excludes halogenated alkanes) is 1. The Bertz CT molecular complexity index is 1020. The van der Waals surface area contributed by atoms with Gasteiger partial charge in [-0.25, -0.2) is 4.98 Å². The fourth-order valence-corrected chi connectivity index (χ4v) is 2.72. The van der Waals surface area contributed by atoms with Crippen molar-refractivity contribution in [3.63, 3.8) is 0 Å². The highest BCUT2D eigenvalue weighted by molar-refractivity contribution is 5.93. The maximum Gasteiger partial charge on any atom is 0.258 e. The second-order valence-electron chi connectivity index (χ2n) is 6.05. The minimum absolute atomic E-state index is 0.192. The molecule has 7 heteroatoms. The first kappa shape index (κ1) is 17.6. The van der Waals surface area contributed by atoms with Crippen molar-refractivity contribution in [1.29, 1.82) is 0 Å². The van der Waals surface area contributed by atoms with E-state index in [1.54, 1.807) is 23.1 Å². The summed E-state index contributed by atoms with van der Waals surface area (Å²) in [4.78, 5) is 47.6. The van der Waals surface area contributed by atoms with E-state index in [0.29, 0.717) is 28.8 Å². The minimum Gasteiger partial charge on any atom is -0.331 e.